The van der Waals surface area contributed by atoms with Crippen LogP contribution in [0, 0.1) is 5.82 Å². The highest BCUT2D eigenvalue weighted by atomic mass is 19.1. The van der Waals surface area contributed by atoms with Crippen molar-refractivity contribution in [1.29, 1.82) is 0 Å². The zero-order valence-corrected chi connectivity index (χ0v) is 11.1. The Morgan fingerprint density at radius 1 is 1.30 bits per heavy atom. The van der Waals surface area contributed by atoms with Crippen LogP contribution in [0.2, 0.25) is 0 Å². The fourth-order valence-corrected chi connectivity index (χ4v) is 1.59. The van der Waals surface area contributed by atoms with Gasteiger partial charge in [0.05, 0.1) is 25.4 Å². The molecule has 7 heteroatoms. The SMILES string of the molecule is COCCOCCc1noc(-c2cc(F)ccc2N)n1. The minimum absolute atomic E-state index is 0.203. The fourth-order valence-electron chi connectivity index (χ4n) is 1.59. The number of nitrogens with zero attached hydrogens (tertiary/aromatic N) is 2. The molecule has 2 aromatic rings. The van der Waals surface area contributed by atoms with E-state index in [-0.39, 0.29) is 5.89 Å². The van der Waals surface area contributed by atoms with Crippen LogP contribution < -0.4 is 5.73 Å². The van der Waals surface area contributed by atoms with Crippen molar-refractivity contribution >= 4 is 5.69 Å². The predicted molar refractivity (Wildman–Crippen MR) is 70.5 cm³/mol. The number of benzene rings is 1. The summed E-state index contributed by atoms with van der Waals surface area (Å²) < 4.78 is 28.4. The van der Waals surface area contributed by atoms with E-state index in [1.165, 1.54) is 18.2 Å². The average Bonchev–Trinajstić information content (AvgIpc) is 2.90. The molecule has 0 aliphatic carbocycles. The van der Waals surface area contributed by atoms with E-state index in [2.05, 4.69) is 10.1 Å². The Balaban J connectivity index is 1.96. The Hall–Kier alpha value is -1.99. The van der Waals surface area contributed by atoms with Gasteiger partial charge in [-0.25, -0.2) is 4.39 Å². The van der Waals surface area contributed by atoms with Gasteiger partial charge in [0.15, 0.2) is 5.82 Å². The number of methoxy groups -OCH3 is 1. The van der Waals surface area contributed by atoms with E-state index in [4.69, 9.17) is 19.7 Å². The van der Waals surface area contributed by atoms with Gasteiger partial charge in [0, 0.05) is 19.2 Å². The number of rotatable bonds is 7. The highest BCUT2D eigenvalue weighted by Crippen LogP contribution is 2.25. The van der Waals surface area contributed by atoms with Crippen LogP contribution in [0.1, 0.15) is 5.82 Å². The lowest BCUT2D eigenvalue weighted by Gasteiger charge is -2.00. The lowest BCUT2D eigenvalue weighted by atomic mass is 10.2. The summed E-state index contributed by atoms with van der Waals surface area (Å²) >= 11 is 0. The van der Waals surface area contributed by atoms with Gasteiger partial charge < -0.3 is 19.7 Å². The average molecular weight is 281 g/mol. The maximum absolute atomic E-state index is 13.2. The Bertz CT molecular complexity index is 560. The van der Waals surface area contributed by atoms with Crippen molar-refractivity contribution in [3.8, 4) is 11.5 Å². The van der Waals surface area contributed by atoms with E-state index in [9.17, 15) is 4.39 Å². The molecule has 0 saturated heterocycles. The molecule has 2 rings (SSSR count). The molecular weight excluding hydrogens is 265 g/mol. The Labute approximate surface area is 115 Å². The van der Waals surface area contributed by atoms with Gasteiger partial charge in [0.2, 0.25) is 0 Å². The monoisotopic (exact) mass is 281 g/mol. The largest absolute Gasteiger partial charge is 0.398 e. The molecular formula is C13H16FN3O3. The minimum atomic E-state index is -0.406. The number of nitrogens with two attached hydrogens (primary N) is 1. The van der Waals surface area contributed by atoms with Crippen molar-refractivity contribution in [3.05, 3.63) is 29.8 Å². The summed E-state index contributed by atoms with van der Waals surface area (Å²) in [7, 11) is 1.61. The second-order valence-electron chi connectivity index (χ2n) is 4.10. The van der Waals surface area contributed by atoms with E-state index >= 15 is 0 Å². The van der Waals surface area contributed by atoms with Gasteiger partial charge in [0.1, 0.15) is 5.82 Å². The molecule has 0 bridgehead atoms. The van der Waals surface area contributed by atoms with Crippen molar-refractivity contribution in [2.24, 2.45) is 0 Å². The molecule has 1 aromatic heterocycles. The number of ether oxygens (including phenoxy) is 2. The first kappa shape index (κ1) is 14.4. The van der Waals surface area contributed by atoms with Crippen molar-refractivity contribution < 1.29 is 18.4 Å². The first-order chi connectivity index (χ1) is 9.70. The lowest BCUT2D eigenvalue weighted by Crippen LogP contribution is -2.05. The number of hydrogen-bond acceptors (Lipinski definition) is 6. The summed E-state index contributed by atoms with van der Waals surface area (Å²) in [6, 6.07) is 4.00. The van der Waals surface area contributed by atoms with Crippen molar-refractivity contribution in [1.82, 2.24) is 10.1 Å². The quantitative estimate of drug-likeness (QED) is 0.614. The first-order valence-corrected chi connectivity index (χ1v) is 6.15. The van der Waals surface area contributed by atoms with Crippen LogP contribution >= 0.6 is 0 Å². The minimum Gasteiger partial charge on any atom is -0.398 e. The normalized spacial score (nSPS) is 10.9. The number of nitrogen functional groups attached to an aromatic ring is 1. The molecule has 20 heavy (non-hydrogen) atoms. The van der Waals surface area contributed by atoms with Crippen LogP contribution in [0.15, 0.2) is 22.7 Å². The lowest BCUT2D eigenvalue weighted by molar-refractivity contribution is 0.0714. The molecule has 1 aromatic carbocycles. The van der Waals surface area contributed by atoms with Gasteiger partial charge >= 0.3 is 0 Å². The Morgan fingerprint density at radius 3 is 2.95 bits per heavy atom. The third kappa shape index (κ3) is 3.75. The third-order valence-electron chi connectivity index (χ3n) is 2.62. The molecule has 0 amide bonds. The number of halogens is 1. The molecule has 0 fully saturated rings. The maximum Gasteiger partial charge on any atom is 0.260 e. The summed E-state index contributed by atoms with van der Waals surface area (Å²) in [5, 5.41) is 3.81. The van der Waals surface area contributed by atoms with Crippen LogP contribution in [0.5, 0.6) is 0 Å². The van der Waals surface area contributed by atoms with E-state index in [0.29, 0.717) is 43.3 Å². The molecule has 2 N–H and O–H groups in total. The molecule has 6 nitrogen and oxygen atoms in total. The van der Waals surface area contributed by atoms with Crippen LogP contribution in [-0.2, 0) is 15.9 Å². The second-order valence-corrected chi connectivity index (χ2v) is 4.10. The highest BCUT2D eigenvalue weighted by molar-refractivity contribution is 5.70. The van der Waals surface area contributed by atoms with Gasteiger partial charge in [-0.2, -0.15) is 4.98 Å². The molecule has 0 aliphatic heterocycles. The molecule has 0 unspecified atom stereocenters. The summed E-state index contributed by atoms with van der Waals surface area (Å²) in [6.07, 6.45) is 0.502. The van der Waals surface area contributed by atoms with Crippen LogP contribution in [-0.4, -0.2) is 37.1 Å². The van der Waals surface area contributed by atoms with E-state index in [0.717, 1.165) is 0 Å². The van der Waals surface area contributed by atoms with Gasteiger partial charge in [0.25, 0.3) is 5.89 Å². The molecule has 0 radical (unpaired) electrons. The number of hydrogen-bond donors (Lipinski definition) is 1. The van der Waals surface area contributed by atoms with Crippen LogP contribution in [0.25, 0.3) is 11.5 Å². The number of anilines is 1. The smallest absolute Gasteiger partial charge is 0.260 e. The molecule has 1 heterocycles. The Kier molecular flexibility index (Phi) is 5.03. The molecule has 0 saturated carbocycles. The van der Waals surface area contributed by atoms with Crippen molar-refractivity contribution in [2.75, 3.05) is 32.7 Å². The summed E-state index contributed by atoms with van der Waals surface area (Å²) in [5.41, 5.74) is 6.53. The zero-order valence-electron chi connectivity index (χ0n) is 11.1. The van der Waals surface area contributed by atoms with E-state index in [1.54, 1.807) is 7.11 Å². The molecule has 108 valence electrons. The van der Waals surface area contributed by atoms with Gasteiger partial charge in [-0.05, 0) is 18.2 Å². The third-order valence-corrected chi connectivity index (χ3v) is 2.62. The van der Waals surface area contributed by atoms with Crippen molar-refractivity contribution in [2.45, 2.75) is 6.42 Å². The van der Waals surface area contributed by atoms with Crippen LogP contribution in [0.4, 0.5) is 10.1 Å². The molecule has 0 spiro atoms. The second kappa shape index (κ2) is 6.97. The highest BCUT2D eigenvalue weighted by Gasteiger charge is 2.12. The van der Waals surface area contributed by atoms with Gasteiger partial charge in [-0.3, -0.25) is 0 Å². The molecule has 0 aliphatic rings. The van der Waals surface area contributed by atoms with Gasteiger partial charge in [-0.1, -0.05) is 5.16 Å². The zero-order chi connectivity index (χ0) is 14.4. The Morgan fingerprint density at radius 2 is 2.15 bits per heavy atom. The predicted octanol–water partition coefficient (Wildman–Crippen LogP) is 1.66. The van der Waals surface area contributed by atoms with Gasteiger partial charge in [-0.15, -0.1) is 0 Å². The summed E-state index contributed by atoms with van der Waals surface area (Å²) in [4.78, 5) is 4.16. The van der Waals surface area contributed by atoms with E-state index < -0.39 is 5.82 Å². The maximum atomic E-state index is 13.2. The first-order valence-electron chi connectivity index (χ1n) is 6.15. The van der Waals surface area contributed by atoms with Crippen LogP contribution in [0.3, 0.4) is 0 Å². The summed E-state index contributed by atoms with van der Waals surface area (Å²) in [5.74, 6) is 0.284. The molecule has 0 atom stereocenters. The topological polar surface area (TPSA) is 83.4 Å². The summed E-state index contributed by atoms with van der Waals surface area (Å²) in [6.45, 7) is 1.51. The standard InChI is InChI=1S/C13H16FN3O3/c1-18-6-7-19-5-4-12-16-13(20-17-12)10-8-9(14)2-3-11(10)15/h2-3,8H,4-7,15H2,1H3. The fraction of sp³-hybridized carbons (Fsp3) is 0.385. The number of aromatic nitrogens is 2. The van der Waals surface area contributed by atoms with E-state index in [1.807, 2.05) is 0 Å². The van der Waals surface area contributed by atoms with Crippen molar-refractivity contribution in [3.63, 3.8) is 0 Å².